The van der Waals surface area contributed by atoms with Crippen molar-refractivity contribution >= 4 is 23.0 Å². The summed E-state index contributed by atoms with van der Waals surface area (Å²) in [6, 6.07) is 14.8. The molecule has 3 N–H and O–H groups in total. The summed E-state index contributed by atoms with van der Waals surface area (Å²) >= 11 is 6.05. The zero-order chi connectivity index (χ0) is 13.2. The smallest absolute Gasteiger partial charge is 0.0739 e. The first-order chi connectivity index (χ1) is 9.24. The van der Waals surface area contributed by atoms with Crippen molar-refractivity contribution in [2.75, 3.05) is 11.1 Å². The molecule has 3 heteroatoms. The zero-order valence-electron chi connectivity index (χ0n) is 10.7. The fourth-order valence-corrected chi connectivity index (χ4v) is 2.88. The number of nitrogens with one attached hydrogen (secondary N) is 1. The average molecular weight is 273 g/mol. The number of nitrogen functional groups attached to an aromatic ring is 1. The molecule has 1 unspecified atom stereocenters. The third-order valence-electron chi connectivity index (χ3n) is 3.76. The predicted molar refractivity (Wildman–Crippen MR) is 81.7 cm³/mol. The lowest BCUT2D eigenvalue weighted by Gasteiger charge is -2.27. The van der Waals surface area contributed by atoms with Gasteiger partial charge in [-0.1, -0.05) is 41.9 Å². The molecule has 98 valence electrons. The molecule has 1 atom stereocenters. The highest BCUT2D eigenvalue weighted by molar-refractivity contribution is 6.33. The molecule has 0 amide bonds. The monoisotopic (exact) mass is 272 g/mol. The molecule has 0 fully saturated rings. The summed E-state index contributed by atoms with van der Waals surface area (Å²) in [5.74, 6) is 0. The van der Waals surface area contributed by atoms with E-state index in [4.69, 9.17) is 17.3 Å². The molecule has 0 aromatic heterocycles. The molecule has 2 aromatic carbocycles. The number of halogens is 1. The van der Waals surface area contributed by atoms with Crippen molar-refractivity contribution in [3.63, 3.8) is 0 Å². The highest BCUT2D eigenvalue weighted by Crippen LogP contribution is 2.30. The van der Waals surface area contributed by atoms with E-state index in [9.17, 15) is 0 Å². The van der Waals surface area contributed by atoms with Gasteiger partial charge in [-0.05, 0) is 42.5 Å². The van der Waals surface area contributed by atoms with Gasteiger partial charge in [-0.2, -0.15) is 0 Å². The van der Waals surface area contributed by atoms with Crippen LogP contribution in [0.3, 0.4) is 0 Å². The van der Waals surface area contributed by atoms with Crippen molar-refractivity contribution in [1.82, 2.24) is 0 Å². The van der Waals surface area contributed by atoms with Crippen molar-refractivity contribution in [3.05, 3.63) is 58.6 Å². The van der Waals surface area contributed by atoms with Crippen LogP contribution in [-0.2, 0) is 12.8 Å². The van der Waals surface area contributed by atoms with Crippen LogP contribution in [0.1, 0.15) is 17.5 Å². The molecular weight excluding hydrogens is 256 g/mol. The van der Waals surface area contributed by atoms with Gasteiger partial charge in [0.25, 0.3) is 0 Å². The molecule has 0 radical (unpaired) electrons. The predicted octanol–water partition coefficient (Wildman–Crippen LogP) is 3.89. The summed E-state index contributed by atoms with van der Waals surface area (Å²) in [4.78, 5) is 0. The Balaban J connectivity index is 1.77. The molecule has 2 nitrogen and oxygen atoms in total. The molecule has 0 saturated carbocycles. The van der Waals surface area contributed by atoms with E-state index in [1.54, 1.807) is 0 Å². The number of fused-ring (bicyclic) bond motifs is 1. The van der Waals surface area contributed by atoms with Crippen molar-refractivity contribution < 1.29 is 0 Å². The molecule has 2 aromatic rings. The van der Waals surface area contributed by atoms with Crippen molar-refractivity contribution in [3.8, 4) is 0 Å². The minimum atomic E-state index is 0.427. The minimum absolute atomic E-state index is 0.427. The van der Waals surface area contributed by atoms with Crippen LogP contribution in [0.2, 0.25) is 5.02 Å². The third-order valence-corrected chi connectivity index (χ3v) is 4.09. The van der Waals surface area contributed by atoms with E-state index in [0.29, 0.717) is 16.8 Å². The SMILES string of the molecule is Nc1c(Cl)cccc1NC1CCc2ccccc2C1. The van der Waals surface area contributed by atoms with Crippen molar-refractivity contribution in [2.24, 2.45) is 0 Å². The Morgan fingerprint density at radius 3 is 2.68 bits per heavy atom. The van der Waals surface area contributed by atoms with E-state index in [2.05, 4.69) is 29.6 Å². The van der Waals surface area contributed by atoms with Crippen LogP contribution in [0.15, 0.2) is 42.5 Å². The largest absolute Gasteiger partial charge is 0.396 e. The molecule has 19 heavy (non-hydrogen) atoms. The van der Waals surface area contributed by atoms with Crippen LogP contribution < -0.4 is 11.1 Å². The van der Waals surface area contributed by atoms with Gasteiger partial charge in [0.2, 0.25) is 0 Å². The number of hydrogen-bond acceptors (Lipinski definition) is 2. The van der Waals surface area contributed by atoms with E-state index in [1.165, 1.54) is 11.1 Å². The standard InChI is InChI=1S/C16H17ClN2/c17-14-6-3-7-15(16(14)18)19-13-9-8-11-4-1-2-5-12(11)10-13/h1-7,13,19H,8-10,18H2. The molecule has 0 aliphatic heterocycles. The molecular formula is C16H17ClN2. The van der Waals surface area contributed by atoms with E-state index >= 15 is 0 Å². The molecule has 0 bridgehead atoms. The molecule has 1 aliphatic rings. The van der Waals surface area contributed by atoms with Gasteiger partial charge in [0.1, 0.15) is 0 Å². The lowest BCUT2D eigenvalue weighted by Crippen LogP contribution is -2.27. The van der Waals surface area contributed by atoms with Gasteiger partial charge in [-0.25, -0.2) is 0 Å². The van der Waals surface area contributed by atoms with Gasteiger partial charge in [-0.15, -0.1) is 0 Å². The van der Waals surface area contributed by atoms with Crippen molar-refractivity contribution in [2.45, 2.75) is 25.3 Å². The maximum absolute atomic E-state index is 6.05. The summed E-state index contributed by atoms with van der Waals surface area (Å²) < 4.78 is 0. The first kappa shape index (κ1) is 12.4. The number of para-hydroxylation sites is 1. The van der Waals surface area contributed by atoms with Crippen molar-refractivity contribution in [1.29, 1.82) is 0 Å². The summed E-state index contributed by atoms with van der Waals surface area (Å²) in [5.41, 5.74) is 10.5. The second kappa shape index (κ2) is 5.14. The Hall–Kier alpha value is -1.67. The summed E-state index contributed by atoms with van der Waals surface area (Å²) in [6.45, 7) is 0. The molecule has 0 spiro atoms. The third kappa shape index (κ3) is 2.54. The van der Waals surface area contributed by atoms with Crippen LogP contribution in [0.5, 0.6) is 0 Å². The van der Waals surface area contributed by atoms with Gasteiger partial charge in [0.05, 0.1) is 16.4 Å². The minimum Gasteiger partial charge on any atom is -0.396 e. The number of aryl methyl sites for hydroxylation is 1. The number of hydrogen-bond donors (Lipinski definition) is 2. The fourth-order valence-electron chi connectivity index (χ4n) is 2.70. The van der Waals surface area contributed by atoms with Crippen LogP contribution in [0.25, 0.3) is 0 Å². The highest BCUT2D eigenvalue weighted by atomic mass is 35.5. The summed E-state index contributed by atoms with van der Waals surface area (Å²) in [7, 11) is 0. The Morgan fingerprint density at radius 1 is 1.05 bits per heavy atom. The topological polar surface area (TPSA) is 38.0 Å². The Morgan fingerprint density at radius 2 is 1.84 bits per heavy atom. The van der Waals surface area contributed by atoms with E-state index < -0.39 is 0 Å². The maximum atomic E-state index is 6.05. The maximum Gasteiger partial charge on any atom is 0.0739 e. The number of benzene rings is 2. The van der Waals surface area contributed by atoms with Gasteiger partial charge in [-0.3, -0.25) is 0 Å². The van der Waals surface area contributed by atoms with E-state index in [0.717, 1.165) is 24.9 Å². The molecule has 0 heterocycles. The lowest BCUT2D eigenvalue weighted by molar-refractivity contribution is 0.611. The second-order valence-corrected chi connectivity index (χ2v) is 5.46. The highest BCUT2D eigenvalue weighted by Gasteiger charge is 2.18. The second-order valence-electron chi connectivity index (χ2n) is 5.05. The summed E-state index contributed by atoms with van der Waals surface area (Å²) in [5, 5.41) is 4.13. The first-order valence-corrected chi connectivity index (χ1v) is 6.99. The average Bonchev–Trinajstić information content (AvgIpc) is 2.44. The number of nitrogens with two attached hydrogens (primary N) is 1. The Kier molecular flexibility index (Phi) is 3.34. The van der Waals surface area contributed by atoms with Gasteiger partial charge in [0, 0.05) is 6.04 Å². The Bertz CT molecular complexity index is 595. The lowest BCUT2D eigenvalue weighted by atomic mass is 9.88. The number of rotatable bonds is 2. The molecule has 0 saturated heterocycles. The van der Waals surface area contributed by atoms with Crippen LogP contribution >= 0.6 is 11.6 Å². The summed E-state index contributed by atoms with van der Waals surface area (Å²) in [6.07, 6.45) is 3.29. The van der Waals surface area contributed by atoms with E-state index in [-0.39, 0.29) is 0 Å². The quantitative estimate of drug-likeness (QED) is 0.814. The molecule has 1 aliphatic carbocycles. The fraction of sp³-hybridized carbons (Fsp3) is 0.250. The van der Waals surface area contributed by atoms with E-state index in [1.807, 2.05) is 18.2 Å². The van der Waals surface area contributed by atoms with Gasteiger partial charge >= 0.3 is 0 Å². The normalized spacial score (nSPS) is 17.8. The zero-order valence-corrected chi connectivity index (χ0v) is 11.5. The first-order valence-electron chi connectivity index (χ1n) is 6.61. The Labute approximate surface area is 118 Å². The van der Waals surface area contributed by atoms with Crippen LogP contribution in [-0.4, -0.2) is 6.04 Å². The number of anilines is 2. The van der Waals surface area contributed by atoms with Crippen LogP contribution in [0.4, 0.5) is 11.4 Å². The van der Waals surface area contributed by atoms with Crippen LogP contribution in [0, 0.1) is 0 Å². The van der Waals surface area contributed by atoms with Gasteiger partial charge in [0.15, 0.2) is 0 Å². The van der Waals surface area contributed by atoms with Gasteiger partial charge < -0.3 is 11.1 Å². The molecule has 3 rings (SSSR count).